The summed E-state index contributed by atoms with van der Waals surface area (Å²) in [5, 5.41) is 0. The number of hydrogen-bond donors (Lipinski definition) is 1. The summed E-state index contributed by atoms with van der Waals surface area (Å²) in [4.78, 5) is 7.94. The lowest BCUT2D eigenvalue weighted by molar-refractivity contribution is 0.540. The van der Waals surface area contributed by atoms with Crippen molar-refractivity contribution in [2.45, 2.75) is 19.3 Å². The van der Waals surface area contributed by atoms with Gasteiger partial charge in [0.2, 0.25) is 0 Å². The van der Waals surface area contributed by atoms with Crippen molar-refractivity contribution in [3.05, 3.63) is 23.9 Å². The van der Waals surface area contributed by atoms with Crippen LogP contribution in [0.25, 0.3) is 0 Å². The van der Waals surface area contributed by atoms with Gasteiger partial charge in [-0.15, -0.1) is 0 Å². The van der Waals surface area contributed by atoms with Crippen molar-refractivity contribution in [1.29, 1.82) is 0 Å². The van der Waals surface area contributed by atoms with Crippen LogP contribution in [0, 0.1) is 0 Å². The fourth-order valence-electron chi connectivity index (χ4n) is 1.18. The van der Waals surface area contributed by atoms with Gasteiger partial charge in [-0.25, -0.2) is 4.98 Å². The van der Waals surface area contributed by atoms with Gasteiger partial charge in [-0.2, -0.15) is 0 Å². The van der Waals surface area contributed by atoms with E-state index in [0.29, 0.717) is 12.4 Å². The third kappa shape index (κ3) is 2.28. The third-order valence-electron chi connectivity index (χ3n) is 2.07. The molecule has 0 radical (unpaired) electrons. The molecule has 3 nitrogen and oxygen atoms in total. The van der Waals surface area contributed by atoms with Gasteiger partial charge in [0.05, 0.1) is 0 Å². The Hall–Kier alpha value is -1.38. The summed E-state index contributed by atoms with van der Waals surface area (Å²) in [6.45, 7) is 8.40. The molecule has 0 unspecified atom stereocenters. The highest BCUT2D eigenvalue weighted by molar-refractivity contribution is 5.33. The highest BCUT2D eigenvalue weighted by atomic mass is 14.8. The van der Waals surface area contributed by atoms with E-state index >= 15 is 0 Å². The molecule has 0 saturated heterocycles. The summed E-state index contributed by atoms with van der Waals surface area (Å²) in [5.41, 5.74) is 6.62. The molecule has 1 aromatic heterocycles. The Morgan fingerprint density at radius 1 is 1.54 bits per heavy atom. The average Bonchev–Trinajstić information content (AvgIpc) is 2.05. The van der Waals surface area contributed by atoms with E-state index in [1.807, 2.05) is 6.07 Å². The minimum absolute atomic E-state index is 0.0115. The molecule has 0 aliphatic rings. The average molecular weight is 177 g/mol. The SMILES string of the molecule is C=NCC(C)(C)c1ccc(N)nc1. The second kappa shape index (κ2) is 3.56. The Balaban J connectivity index is 2.93. The Morgan fingerprint density at radius 3 is 2.69 bits per heavy atom. The Kier molecular flexibility index (Phi) is 2.66. The quantitative estimate of drug-likeness (QED) is 0.713. The van der Waals surface area contributed by atoms with Crippen LogP contribution in [0.4, 0.5) is 5.82 Å². The second-order valence-corrected chi connectivity index (χ2v) is 3.74. The number of rotatable bonds is 3. The zero-order chi connectivity index (χ0) is 9.90. The number of nitrogen functional groups attached to an aromatic ring is 1. The first-order valence-electron chi connectivity index (χ1n) is 4.21. The molecule has 1 aromatic rings. The molecule has 13 heavy (non-hydrogen) atoms. The highest BCUT2D eigenvalue weighted by Gasteiger charge is 2.19. The fraction of sp³-hybridized carbons (Fsp3) is 0.400. The molecule has 0 fully saturated rings. The molecular weight excluding hydrogens is 162 g/mol. The van der Waals surface area contributed by atoms with Crippen molar-refractivity contribution in [1.82, 2.24) is 4.98 Å². The summed E-state index contributed by atoms with van der Waals surface area (Å²) >= 11 is 0. The normalized spacial score (nSPS) is 11.2. The van der Waals surface area contributed by atoms with Gasteiger partial charge in [-0.05, 0) is 18.3 Å². The van der Waals surface area contributed by atoms with Gasteiger partial charge in [-0.3, -0.25) is 0 Å². The van der Waals surface area contributed by atoms with Crippen molar-refractivity contribution >= 4 is 12.5 Å². The van der Waals surface area contributed by atoms with Crippen molar-refractivity contribution in [3.8, 4) is 0 Å². The molecule has 1 rings (SSSR count). The molecule has 0 atom stereocenters. The van der Waals surface area contributed by atoms with Gasteiger partial charge in [0.25, 0.3) is 0 Å². The molecular formula is C10H15N3. The lowest BCUT2D eigenvalue weighted by atomic mass is 9.86. The van der Waals surface area contributed by atoms with Crippen LogP contribution < -0.4 is 5.73 Å². The summed E-state index contributed by atoms with van der Waals surface area (Å²) in [5.74, 6) is 0.547. The van der Waals surface area contributed by atoms with E-state index in [2.05, 4.69) is 30.5 Å². The Morgan fingerprint density at radius 2 is 2.23 bits per heavy atom. The Bertz CT molecular complexity index is 288. The second-order valence-electron chi connectivity index (χ2n) is 3.74. The van der Waals surface area contributed by atoms with Crippen molar-refractivity contribution < 1.29 is 0 Å². The van der Waals surface area contributed by atoms with Crippen LogP contribution in [0.2, 0.25) is 0 Å². The summed E-state index contributed by atoms with van der Waals surface area (Å²) in [7, 11) is 0. The number of nitrogens with two attached hydrogens (primary N) is 1. The van der Waals surface area contributed by atoms with Crippen molar-refractivity contribution in [3.63, 3.8) is 0 Å². The van der Waals surface area contributed by atoms with Gasteiger partial charge < -0.3 is 10.7 Å². The van der Waals surface area contributed by atoms with Crippen LogP contribution in [-0.4, -0.2) is 18.2 Å². The first kappa shape index (κ1) is 9.71. The first-order valence-corrected chi connectivity index (χ1v) is 4.21. The number of anilines is 1. The third-order valence-corrected chi connectivity index (χ3v) is 2.07. The van der Waals surface area contributed by atoms with Crippen LogP contribution in [0.15, 0.2) is 23.3 Å². The van der Waals surface area contributed by atoms with E-state index in [-0.39, 0.29) is 5.41 Å². The van der Waals surface area contributed by atoms with Gasteiger partial charge in [-0.1, -0.05) is 19.9 Å². The summed E-state index contributed by atoms with van der Waals surface area (Å²) in [6, 6.07) is 3.79. The van der Waals surface area contributed by atoms with Crippen molar-refractivity contribution in [2.75, 3.05) is 12.3 Å². The molecule has 3 heteroatoms. The summed E-state index contributed by atoms with van der Waals surface area (Å²) < 4.78 is 0. The Labute approximate surface area is 78.7 Å². The molecule has 0 aromatic carbocycles. The molecule has 2 N–H and O–H groups in total. The van der Waals surface area contributed by atoms with E-state index in [4.69, 9.17) is 5.73 Å². The smallest absolute Gasteiger partial charge is 0.123 e. The van der Waals surface area contributed by atoms with Crippen molar-refractivity contribution in [2.24, 2.45) is 4.99 Å². The molecule has 1 heterocycles. The van der Waals surface area contributed by atoms with E-state index < -0.39 is 0 Å². The van der Waals surface area contributed by atoms with E-state index in [9.17, 15) is 0 Å². The number of nitrogens with zero attached hydrogens (tertiary/aromatic N) is 2. The summed E-state index contributed by atoms with van der Waals surface area (Å²) in [6.07, 6.45) is 1.79. The predicted molar refractivity (Wildman–Crippen MR) is 56.1 cm³/mol. The number of aromatic nitrogens is 1. The largest absolute Gasteiger partial charge is 0.384 e. The van der Waals surface area contributed by atoms with E-state index in [1.165, 1.54) is 0 Å². The highest BCUT2D eigenvalue weighted by Crippen LogP contribution is 2.22. The van der Waals surface area contributed by atoms with E-state index in [0.717, 1.165) is 5.56 Å². The van der Waals surface area contributed by atoms with Gasteiger partial charge in [0.1, 0.15) is 5.82 Å². The van der Waals surface area contributed by atoms with Gasteiger partial charge in [0.15, 0.2) is 0 Å². The predicted octanol–water partition coefficient (Wildman–Crippen LogP) is 1.64. The number of pyridine rings is 1. The molecule has 0 bridgehead atoms. The van der Waals surface area contributed by atoms with Crippen LogP contribution in [-0.2, 0) is 5.41 Å². The maximum atomic E-state index is 5.50. The fourth-order valence-corrected chi connectivity index (χ4v) is 1.18. The van der Waals surface area contributed by atoms with Crippen LogP contribution >= 0.6 is 0 Å². The molecule has 0 saturated carbocycles. The van der Waals surface area contributed by atoms with Crippen LogP contribution in [0.5, 0.6) is 0 Å². The molecule has 0 aliphatic carbocycles. The minimum Gasteiger partial charge on any atom is -0.384 e. The topological polar surface area (TPSA) is 51.3 Å². The van der Waals surface area contributed by atoms with E-state index in [1.54, 1.807) is 12.3 Å². The van der Waals surface area contributed by atoms with Crippen LogP contribution in [0.3, 0.4) is 0 Å². The zero-order valence-corrected chi connectivity index (χ0v) is 8.12. The minimum atomic E-state index is -0.0115. The van der Waals surface area contributed by atoms with Gasteiger partial charge in [0, 0.05) is 18.2 Å². The standard InChI is InChI=1S/C10H15N3/c1-10(2,7-12-3)8-4-5-9(11)13-6-8/h4-6H,3,7H2,1-2H3,(H2,11,13). The van der Waals surface area contributed by atoms with Crippen LogP contribution in [0.1, 0.15) is 19.4 Å². The number of hydrogen-bond acceptors (Lipinski definition) is 3. The zero-order valence-electron chi connectivity index (χ0n) is 8.12. The maximum Gasteiger partial charge on any atom is 0.123 e. The molecule has 0 amide bonds. The number of aliphatic imine (C=N–C) groups is 1. The maximum absolute atomic E-state index is 5.50. The lowest BCUT2D eigenvalue weighted by Crippen LogP contribution is -2.21. The lowest BCUT2D eigenvalue weighted by Gasteiger charge is -2.22. The molecule has 0 aliphatic heterocycles. The molecule has 70 valence electrons. The monoisotopic (exact) mass is 177 g/mol. The molecule has 0 spiro atoms. The first-order chi connectivity index (χ1) is 6.06. The van der Waals surface area contributed by atoms with Gasteiger partial charge >= 0.3 is 0 Å².